The van der Waals surface area contributed by atoms with Crippen LogP contribution in [0, 0.1) is 5.92 Å². The van der Waals surface area contributed by atoms with Gasteiger partial charge in [-0.1, -0.05) is 5.23 Å². The van der Waals surface area contributed by atoms with Gasteiger partial charge < -0.3 is 0 Å². The van der Waals surface area contributed by atoms with Gasteiger partial charge in [-0.05, 0) is 38.0 Å². The van der Waals surface area contributed by atoms with E-state index in [-0.39, 0.29) is 5.54 Å². The van der Waals surface area contributed by atoms with Crippen LogP contribution in [0.25, 0.3) is 0 Å². The molecule has 2 rings (SSSR count). The second kappa shape index (κ2) is 1.94. The van der Waals surface area contributed by atoms with Gasteiger partial charge in [0.25, 0.3) is 0 Å². The Balaban J connectivity index is 2.15. The first kappa shape index (κ1) is 6.58. The van der Waals surface area contributed by atoms with Crippen molar-refractivity contribution in [3.63, 3.8) is 0 Å². The molecular formula is C7H13NO2. The highest BCUT2D eigenvalue weighted by Gasteiger charge is 2.48. The maximum absolute atomic E-state index is 8.92. The van der Waals surface area contributed by atoms with E-state index in [1.807, 2.05) is 0 Å². The molecule has 0 atom stereocenters. The van der Waals surface area contributed by atoms with Gasteiger partial charge in [0.2, 0.25) is 0 Å². The number of hydrogen-bond donors (Lipinski definition) is 2. The maximum atomic E-state index is 8.92. The van der Waals surface area contributed by atoms with Crippen molar-refractivity contribution >= 4 is 0 Å². The lowest BCUT2D eigenvalue weighted by Crippen LogP contribution is -2.40. The minimum Gasteiger partial charge on any atom is -0.289 e. The molecule has 3 heteroatoms. The van der Waals surface area contributed by atoms with E-state index in [2.05, 4.69) is 0 Å². The second-order valence-electron chi connectivity index (χ2n) is 3.66. The molecule has 0 spiro atoms. The molecule has 2 bridgehead atoms. The molecule has 0 aliphatic heterocycles. The second-order valence-corrected chi connectivity index (χ2v) is 3.66. The zero-order chi connectivity index (χ0) is 7.19. The number of hydrogen-bond acceptors (Lipinski definition) is 3. The molecule has 0 unspecified atom stereocenters. The SMILES string of the molecule is ON(O)C12CCC(CC1)C2. The third-order valence-electron chi connectivity index (χ3n) is 3.13. The number of hydroxylamine groups is 2. The normalized spacial score (nSPS) is 45.3. The van der Waals surface area contributed by atoms with Crippen LogP contribution in [0.3, 0.4) is 0 Å². The van der Waals surface area contributed by atoms with Gasteiger partial charge in [0.05, 0.1) is 5.54 Å². The smallest absolute Gasteiger partial charge is 0.0735 e. The van der Waals surface area contributed by atoms with Gasteiger partial charge in [-0.15, -0.1) is 0 Å². The van der Waals surface area contributed by atoms with Crippen molar-refractivity contribution in [1.29, 1.82) is 0 Å². The monoisotopic (exact) mass is 143 g/mol. The van der Waals surface area contributed by atoms with Crippen LogP contribution in [-0.4, -0.2) is 21.2 Å². The third kappa shape index (κ3) is 0.713. The molecule has 2 aliphatic carbocycles. The number of nitrogens with zero attached hydrogens (tertiary/aromatic N) is 1. The summed E-state index contributed by atoms with van der Waals surface area (Å²) in [5.41, 5.74) is -0.245. The average molecular weight is 143 g/mol. The van der Waals surface area contributed by atoms with E-state index in [1.165, 1.54) is 12.8 Å². The van der Waals surface area contributed by atoms with Crippen molar-refractivity contribution in [2.75, 3.05) is 0 Å². The van der Waals surface area contributed by atoms with E-state index in [4.69, 9.17) is 10.4 Å². The van der Waals surface area contributed by atoms with Crippen molar-refractivity contribution in [2.45, 2.75) is 37.6 Å². The Bertz CT molecular complexity index is 139. The molecule has 2 fully saturated rings. The first-order valence-electron chi connectivity index (χ1n) is 3.91. The summed E-state index contributed by atoms with van der Waals surface area (Å²) in [5.74, 6) is 0.766. The molecule has 0 aromatic rings. The van der Waals surface area contributed by atoms with Crippen molar-refractivity contribution in [1.82, 2.24) is 5.23 Å². The van der Waals surface area contributed by atoms with Crippen LogP contribution in [0.1, 0.15) is 32.1 Å². The van der Waals surface area contributed by atoms with Gasteiger partial charge in [0.1, 0.15) is 0 Å². The van der Waals surface area contributed by atoms with Crippen molar-refractivity contribution < 1.29 is 10.4 Å². The lowest BCUT2D eigenvalue weighted by Gasteiger charge is -2.29. The highest BCUT2D eigenvalue weighted by molar-refractivity contribution is 4.99. The van der Waals surface area contributed by atoms with E-state index in [0.717, 1.165) is 25.2 Å². The van der Waals surface area contributed by atoms with Crippen LogP contribution in [0.2, 0.25) is 0 Å². The zero-order valence-corrected chi connectivity index (χ0v) is 5.95. The predicted molar refractivity (Wildman–Crippen MR) is 34.7 cm³/mol. The minimum atomic E-state index is -0.245. The highest BCUT2D eigenvalue weighted by Crippen LogP contribution is 2.49. The van der Waals surface area contributed by atoms with Crippen LogP contribution >= 0.6 is 0 Å². The quantitative estimate of drug-likeness (QED) is 0.545. The molecule has 2 saturated carbocycles. The lowest BCUT2D eigenvalue weighted by molar-refractivity contribution is -0.361. The standard InChI is InChI=1S/C7H13NO2/c9-8(10)7-3-1-6(5-7)2-4-7/h6,9-10H,1-5H2. The van der Waals surface area contributed by atoms with Crippen molar-refractivity contribution in [2.24, 2.45) is 5.92 Å². The minimum absolute atomic E-state index is 0.245. The first-order chi connectivity index (χ1) is 4.73. The van der Waals surface area contributed by atoms with Gasteiger partial charge in [-0.3, -0.25) is 10.4 Å². The molecule has 10 heavy (non-hydrogen) atoms. The summed E-state index contributed by atoms with van der Waals surface area (Å²) in [6.45, 7) is 0. The Labute approximate surface area is 60.2 Å². The predicted octanol–water partition coefficient (Wildman–Crippen LogP) is 1.40. The van der Waals surface area contributed by atoms with E-state index < -0.39 is 0 Å². The fourth-order valence-electron chi connectivity index (χ4n) is 2.44. The largest absolute Gasteiger partial charge is 0.289 e. The summed E-state index contributed by atoms with van der Waals surface area (Å²) >= 11 is 0. The summed E-state index contributed by atoms with van der Waals surface area (Å²) in [7, 11) is 0. The van der Waals surface area contributed by atoms with Crippen LogP contribution in [0.5, 0.6) is 0 Å². The summed E-state index contributed by atoms with van der Waals surface area (Å²) in [5, 5.41) is 18.3. The highest BCUT2D eigenvalue weighted by atomic mass is 16.8. The molecule has 0 aromatic heterocycles. The molecule has 2 aliphatic rings. The molecule has 0 heterocycles. The number of fused-ring (bicyclic) bond motifs is 2. The van der Waals surface area contributed by atoms with Crippen LogP contribution in [0.15, 0.2) is 0 Å². The van der Waals surface area contributed by atoms with Gasteiger partial charge >= 0.3 is 0 Å². The van der Waals surface area contributed by atoms with Crippen LogP contribution in [-0.2, 0) is 0 Å². The summed E-state index contributed by atoms with van der Waals surface area (Å²) in [4.78, 5) is 0. The maximum Gasteiger partial charge on any atom is 0.0735 e. The van der Waals surface area contributed by atoms with Gasteiger partial charge in [0, 0.05) is 0 Å². The molecule has 3 nitrogen and oxygen atoms in total. The summed E-state index contributed by atoms with van der Waals surface area (Å²) in [6.07, 6.45) is 5.27. The summed E-state index contributed by atoms with van der Waals surface area (Å²) < 4.78 is 0. The first-order valence-corrected chi connectivity index (χ1v) is 3.91. The molecule has 58 valence electrons. The van der Waals surface area contributed by atoms with E-state index in [1.54, 1.807) is 0 Å². The number of rotatable bonds is 1. The topological polar surface area (TPSA) is 43.7 Å². The van der Waals surface area contributed by atoms with E-state index in [0.29, 0.717) is 5.23 Å². The molecule has 0 saturated heterocycles. The van der Waals surface area contributed by atoms with Crippen LogP contribution < -0.4 is 0 Å². The summed E-state index contributed by atoms with van der Waals surface area (Å²) in [6, 6.07) is 0. The lowest BCUT2D eigenvalue weighted by atomic mass is 9.95. The average Bonchev–Trinajstić information content (AvgIpc) is 2.45. The molecule has 0 radical (unpaired) electrons. The van der Waals surface area contributed by atoms with Crippen molar-refractivity contribution in [3.8, 4) is 0 Å². The van der Waals surface area contributed by atoms with Gasteiger partial charge in [0.15, 0.2) is 0 Å². The van der Waals surface area contributed by atoms with Gasteiger partial charge in [-0.25, -0.2) is 0 Å². The Morgan fingerprint density at radius 1 is 1.20 bits per heavy atom. The van der Waals surface area contributed by atoms with E-state index in [9.17, 15) is 0 Å². The Kier molecular flexibility index (Phi) is 1.27. The molecule has 0 aromatic carbocycles. The van der Waals surface area contributed by atoms with Crippen LogP contribution in [0.4, 0.5) is 0 Å². The third-order valence-corrected chi connectivity index (χ3v) is 3.13. The Hall–Kier alpha value is -0.120. The zero-order valence-electron chi connectivity index (χ0n) is 5.95. The molecule has 0 amide bonds. The fourth-order valence-corrected chi connectivity index (χ4v) is 2.44. The fraction of sp³-hybridized carbons (Fsp3) is 1.00. The van der Waals surface area contributed by atoms with Crippen molar-refractivity contribution in [3.05, 3.63) is 0 Å². The van der Waals surface area contributed by atoms with Gasteiger partial charge in [-0.2, -0.15) is 0 Å². The van der Waals surface area contributed by atoms with E-state index >= 15 is 0 Å². The molecule has 2 N–H and O–H groups in total. The Morgan fingerprint density at radius 3 is 2.00 bits per heavy atom. The Morgan fingerprint density at radius 2 is 1.80 bits per heavy atom. The molecular weight excluding hydrogens is 130 g/mol.